The molecule has 118 valence electrons. The molecule has 0 bridgehead atoms. The Morgan fingerprint density at radius 2 is 1.68 bits per heavy atom. The van der Waals surface area contributed by atoms with E-state index in [0.717, 1.165) is 27.4 Å². The molecule has 0 unspecified atom stereocenters. The summed E-state index contributed by atoms with van der Waals surface area (Å²) in [5.41, 5.74) is 4.21. The number of nitrogens with one attached hydrogen (secondary N) is 1. The Hall–Kier alpha value is -1.52. The van der Waals surface area contributed by atoms with Crippen LogP contribution in [0.4, 0.5) is 5.69 Å². The molecule has 0 spiro atoms. The average Bonchev–Trinajstić information content (AvgIpc) is 2.47. The summed E-state index contributed by atoms with van der Waals surface area (Å²) < 4.78 is 22.3. The Kier molecular flexibility index (Phi) is 5.48. The van der Waals surface area contributed by atoms with Crippen molar-refractivity contribution in [2.45, 2.75) is 19.9 Å². The average molecular weight is 338 g/mol. The Balaban J connectivity index is 1.92. The van der Waals surface area contributed by atoms with Crippen LogP contribution in [0.3, 0.4) is 0 Å². The van der Waals surface area contributed by atoms with Crippen LogP contribution in [0.25, 0.3) is 0 Å². The SMILES string of the molecule is Cc1ccc(CNc2ccc(CCS(C)(=O)=O)cc2)cc1Cl. The number of hydrogen-bond donors (Lipinski definition) is 1. The highest BCUT2D eigenvalue weighted by molar-refractivity contribution is 7.90. The maximum absolute atomic E-state index is 11.2. The van der Waals surface area contributed by atoms with Gasteiger partial charge in [0.2, 0.25) is 0 Å². The number of hydrogen-bond acceptors (Lipinski definition) is 3. The van der Waals surface area contributed by atoms with Crippen molar-refractivity contribution in [3.05, 3.63) is 64.2 Å². The summed E-state index contributed by atoms with van der Waals surface area (Å²) in [6, 6.07) is 13.9. The third-order valence-electron chi connectivity index (χ3n) is 3.45. The first-order valence-electron chi connectivity index (χ1n) is 7.09. The van der Waals surface area contributed by atoms with Crippen molar-refractivity contribution in [3.63, 3.8) is 0 Å². The minimum atomic E-state index is -2.91. The fraction of sp³-hybridized carbons (Fsp3) is 0.294. The summed E-state index contributed by atoms with van der Waals surface area (Å²) in [5, 5.41) is 4.10. The van der Waals surface area contributed by atoms with E-state index < -0.39 is 9.84 Å². The fourth-order valence-electron chi connectivity index (χ4n) is 2.04. The number of halogens is 1. The van der Waals surface area contributed by atoms with Gasteiger partial charge in [0.05, 0.1) is 5.75 Å². The molecule has 0 saturated heterocycles. The van der Waals surface area contributed by atoms with Gasteiger partial charge in [0.15, 0.2) is 0 Å². The van der Waals surface area contributed by atoms with Crippen LogP contribution in [0, 0.1) is 6.92 Å². The van der Waals surface area contributed by atoms with E-state index in [0.29, 0.717) is 13.0 Å². The second-order valence-electron chi connectivity index (χ2n) is 5.51. The maximum atomic E-state index is 11.2. The number of sulfone groups is 1. The lowest BCUT2D eigenvalue weighted by molar-refractivity contribution is 0.601. The van der Waals surface area contributed by atoms with Gasteiger partial charge in [-0.2, -0.15) is 0 Å². The molecule has 5 heteroatoms. The van der Waals surface area contributed by atoms with Gasteiger partial charge in [-0.15, -0.1) is 0 Å². The highest BCUT2D eigenvalue weighted by Gasteiger charge is 2.03. The molecule has 0 aromatic heterocycles. The first-order chi connectivity index (χ1) is 10.3. The molecule has 1 N–H and O–H groups in total. The predicted molar refractivity (Wildman–Crippen MR) is 93.4 cm³/mol. The van der Waals surface area contributed by atoms with Gasteiger partial charge in [0.25, 0.3) is 0 Å². The summed E-state index contributed by atoms with van der Waals surface area (Å²) in [4.78, 5) is 0. The van der Waals surface area contributed by atoms with Crippen molar-refractivity contribution in [3.8, 4) is 0 Å². The summed E-state index contributed by atoms with van der Waals surface area (Å²) in [7, 11) is -2.91. The topological polar surface area (TPSA) is 46.2 Å². The van der Waals surface area contributed by atoms with E-state index in [4.69, 9.17) is 11.6 Å². The van der Waals surface area contributed by atoms with Crippen LogP contribution in [0.1, 0.15) is 16.7 Å². The molecule has 0 atom stereocenters. The maximum Gasteiger partial charge on any atom is 0.147 e. The number of aryl methyl sites for hydroxylation is 2. The molecular formula is C17H20ClNO2S. The van der Waals surface area contributed by atoms with Crippen molar-refractivity contribution < 1.29 is 8.42 Å². The van der Waals surface area contributed by atoms with E-state index in [9.17, 15) is 8.42 Å². The lowest BCUT2D eigenvalue weighted by Gasteiger charge is -2.09. The van der Waals surface area contributed by atoms with E-state index in [1.54, 1.807) is 0 Å². The second-order valence-corrected chi connectivity index (χ2v) is 8.18. The first-order valence-corrected chi connectivity index (χ1v) is 9.53. The van der Waals surface area contributed by atoms with Crippen molar-refractivity contribution in [1.29, 1.82) is 0 Å². The number of rotatable bonds is 6. The summed E-state index contributed by atoms with van der Waals surface area (Å²) in [5.74, 6) is 0.182. The van der Waals surface area contributed by atoms with Crippen LogP contribution in [0.5, 0.6) is 0 Å². The summed E-state index contributed by atoms with van der Waals surface area (Å²) in [6.45, 7) is 2.68. The van der Waals surface area contributed by atoms with Gasteiger partial charge in [-0.25, -0.2) is 8.42 Å². The minimum absolute atomic E-state index is 0.182. The standard InChI is InChI=1S/C17H20ClNO2S/c1-13-3-4-15(11-17(13)18)12-19-16-7-5-14(6-8-16)9-10-22(2,20)21/h3-8,11,19H,9-10,12H2,1-2H3. The zero-order valence-corrected chi connectivity index (χ0v) is 14.3. The molecule has 2 aromatic rings. The molecule has 0 heterocycles. The quantitative estimate of drug-likeness (QED) is 0.871. The zero-order chi connectivity index (χ0) is 16.2. The van der Waals surface area contributed by atoms with Gasteiger partial charge in [0, 0.05) is 23.5 Å². The third kappa shape index (κ3) is 5.35. The van der Waals surface area contributed by atoms with Crippen LogP contribution < -0.4 is 5.32 Å². The van der Waals surface area contributed by atoms with E-state index in [1.165, 1.54) is 6.26 Å². The van der Waals surface area contributed by atoms with E-state index in [2.05, 4.69) is 11.4 Å². The summed E-state index contributed by atoms with van der Waals surface area (Å²) in [6.07, 6.45) is 1.81. The Morgan fingerprint density at radius 1 is 1.05 bits per heavy atom. The van der Waals surface area contributed by atoms with Gasteiger partial charge in [-0.05, 0) is 48.2 Å². The van der Waals surface area contributed by atoms with Crippen molar-refractivity contribution in [2.24, 2.45) is 0 Å². The van der Waals surface area contributed by atoms with E-state index in [1.807, 2.05) is 43.3 Å². The fourth-order valence-corrected chi connectivity index (χ4v) is 2.85. The number of benzene rings is 2. The van der Waals surface area contributed by atoms with Gasteiger partial charge in [-0.1, -0.05) is 35.9 Å². The number of anilines is 1. The first kappa shape index (κ1) is 16.8. The Labute approximate surface area is 137 Å². The van der Waals surface area contributed by atoms with Crippen molar-refractivity contribution in [2.75, 3.05) is 17.3 Å². The highest BCUT2D eigenvalue weighted by Crippen LogP contribution is 2.18. The molecular weight excluding hydrogens is 318 g/mol. The molecule has 0 aliphatic carbocycles. The molecule has 2 rings (SSSR count). The highest BCUT2D eigenvalue weighted by atomic mass is 35.5. The molecule has 0 fully saturated rings. The van der Waals surface area contributed by atoms with Crippen molar-refractivity contribution >= 4 is 27.1 Å². The molecule has 0 aliphatic rings. The van der Waals surface area contributed by atoms with E-state index >= 15 is 0 Å². The molecule has 0 radical (unpaired) electrons. The van der Waals surface area contributed by atoms with Crippen LogP contribution in [0.15, 0.2) is 42.5 Å². The minimum Gasteiger partial charge on any atom is -0.381 e. The lowest BCUT2D eigenvalue weighted by atomic mass is 10.1. The van der Waals surface area contributed by atoms with Gasteiger partial charge in [0.1, 0.15) is 9.84 Å². The van der Waals surface area contributed by atoms with Crippen LogP contribution in [-0.2, 0) is 22.8 Å². The molecule has 2 aromatic carbocycles. The Morgan fingerprint density at radius 3 is 2.27 bits per heavy atom. The Bertz CT molecular complexity index is 740. The smallest absolute Gasteiger partial charge is 0.147 e. The summed E-state index contributed by atoms with van der Waals surface area (Å²) >= 11 is 6.11. The molecule has 22 heavy (non-hydrogen) atoms. The van der Waals surface area contributed by atoms with Crippen LogP contribution in [0.2, 0.25) is 5.02 Å². The zero-order valence-electron chi connectivity index (χ0n) is 12.8. The molecule has 0 saturated carbocycles. The molecule has 0 amide bonds. The normalized spacial score (nSPS) is 11.4. The van der Waals surface area contributed by atoms with Gasteiger partial charge >= 0.3 is 0 Å². The molecule has 3 nitrogen and oxygen atoms in total. The monoisotopic (exact) mass is 337 g/mol. The third-order valence-corrected chi connectivity index (χ3v) is 4.80. The lowest BCUT2D eigenvalue weighted by Crippen LogP contribution is -2.06. The van der Waals surface area contributed by atoms with E-state index in [-0.39, 0.29) is 5.75 Å². The van der Waals surface area contributed by atoms with Crippen LogP contribution in [-0.4, -0.2) is 20.4 Å². The second kappa shape index (κ2) is 7.16. The van der Waals surface area contributed by atoms with Gasteiger partial charge in [-0.3, -0.25) is 0 Å². The van der Waals surface area contributed by atoms with Crippen LogP contribution >= 0.6 is 11.6 Å². The largest absolute Gasteiger partial charge is 0.381 e. The molecule has 0 aliphatic heterocycles. The van der Waals surface area contributed by atoms with Crippen molar-refractivity contribution in [1.82, 2.24) is 0 Å². The van der Waals surface area contributed by atoms with Gasteiger partial charge < -0.3 is 5.32 Å². The predicted octanol–water partition coefficient (Wildman–Crippen LogP) is 3.85.